The molecule has 1 saturated heterocycles. The fraction of sp³-hybridized carbons (Fsp3) is 0.143. The molecule has 5 nitrogen and oxygen atoms in total. The molecule has 0 aromatic heterocycles. The number of carbonyl (C=O) groups excluding carboxylic acids is 1. The molecule has 0 spiro atoms. The smallest absolute Gasteiger partial charge is 0.264 e. The molecule has 2 aromatic rings. The van der Waals surface area contributed by atoms with Gasteiger partial charge in [0.05, 0.1) is 17.7 Å². The summed E-state index contributed by atoms with van der Waals surface area (Å²) >= 11 is 10.7. The summed E-state index contributed by atoms with van der Waals surface area (Å²) in [5, 5.41) is 3.82. The molecule has 3 rings (SSSR count). The van der Waals surface area contributed by atoms with E-state index in [1.807, 2.05) is 19.1 Å². The number of thioether (sulfide) groups is 1. The number of hydrogen-bond acceptors (Lipinski definition) is 5. The van der Waals surface area contributed by atoms with Crippen LogP contribution in [0.3, 0.4) is 0 Å². The van der Waals surface area contributed by atoms with E-state index in [0.29, 0.717) is 37.8 Å². The van der Waals surface area contributed by atoms with Gasteiger partial charge in [-0.05, 0) is 54.6 Å². The molecule has 1 N–H and O–H groups in total. The van der Waals surface area contributed by atoms with Gasteiger partial charge in [0.1, 0.15) is 6.61 Å². The number of amides is 1. The van der Waals surface area contributed by atoms with Crippen LogP contribution < -0.4 is 14.8 Å². The normalized spacial score (nSPS) is 16.0. The summed E-state index contributed by atoms with van der Waals surface area (Å²) < 4.78 is 11.8. The fourth-order valence-corrected chi connectivity index (χ4v) is 4.00. The third kappa shape index (κ3) is 5.15. The molecule has 0 bridgehead atoms. The lowest BCUT2D eigenvalue weighted by Gasteiger charge is -2.12. The zero-order chi connectivity index (χ0) is 21.0. The number of aryl methyl sites for hydroxylation is 1. The van der Waals surface area contributed by atoms with Gasteiger partial charge in [-0.25, -0.2) is 4.99 Å². The predicted octanol–water partition coefficient (Wildman–Crippen LogP) is 5.32. The van der Waals surface area contributed by atoms with Crippen LogP contribution in [0.2, 0.25) is 5.02 Å². The first-order valence-corrected chi connectivity index (χ1v) is 10.4. The number of aliphatic imine (C=N–C) groups is 1. The SMILES string of the molecule is C#CCOc1c(/C=C2\SC(=Nc3cc(Cl)ccc3C)NC2=O)cc(Br)cc1OC. The van der Waals surface area contributed by atoms with Crippen LogP contribution in [0, 0.1) is 19.3 Å². The zero-order valence-electron chi connectivity index (χ0n) is 15.6. The summed E-state index contributed by atoms with van der Waals surface area (Å²) in [6.07, 6.45) is 7.03. The standard InChI is InChI=1S/C21H16BrClN2O3S/c1-4-7-28-19-13(8-14(22)10-17(19)27-3)9-18-20(26)25-21(29-18)24-16-11-15(23)6-5-12(16)2/h1,5-6,8-11H,7H2,2-3H3,(H,24,25,26)/b18-9-. The number of terminal acetylenes is 1. The second kappa shape index (κ2) is 9.40. The Hall–Kier alpha value is -2.40. The molecule has 0 aliphatic carbocycles. The number of benzene rings is 2. The molecule has 0 saturated carbocycles. The summed E-state index contributed by atoms with van der Waals surface area (Å²) in [5.74, 6) is 3.15. The Bertz CT molecular complexity index is 1080. The van der Waals surface area contributed by atoms with Crippen LogP contribution in [-0.4, -0.2) is 24.8 Å². The molecule has 1 aliphatic heterocycles. The maximum Gasteiger partial charge on any atom is 0.264 e. The average molecular weight is 492 g/mol. The van der Waals surface area contributed by atoms with Crippen molar-refractivity contribution in [2.75, 3.05) is 13.7 Å². The molecule has 0 unspecified atom stereocenters. The van der Waals surface area contributed by atoms with Crippen molar-refractivity contribution in [3.05, 3.63) is 55.9 Å². The Labute approximate surface area is 186 Å². The van der Waals surface area contributed by atoms with Gasteiger partial charge in [0.2, 0.25) is 0 Å². The van der Waals surface area contributed by atoms with Gasteiger partial charge in [0.25, 0.3) is 5.91 Å². The van der Waals surface area contributed by atoms with E-state index < -0.39 is 0 Å². The van der Waals surface area contributed by atoms with Crippen LogP contribution in [0.4, 0.5) is 5.69 Å². The average Bonchev–Trinajstić information content (AvgIpc) is 3.02. The molecule has 2 aromatic carbocycles. The van der Waals surface area contributed by atoms with E-state index in [1.165, 1.54) is 18.9 Å². The highest BCUT2D eigenvalue weighted by molar-refractivity contribution is 9.10. The molecular formula is C21H16BrClN2O3S. The summed E-state index contributed by atoms with van der Waals surface area (Å²) in [5.41, 5.74) is 2.31. The van der Waals surface area contributed by atoms with E-state index in [0.717, 1.165) is 10.0 Å². The third-order valence-electron chi connectivity index (χ3n) is 3.90. The Morgan fingerprint density at radius 1 is 1.38 bits per heavy atom. The molecule has 1 heterocycles. The molecule has 148 valence electrons. The van der Waals surface area contributed by atoms with Crippen molar-refractivity contribution in [3.8, 4) is 23.8 Å². The number of methoxy groups -OCH3 is 1. The predicted molar refractivity (Wildman–Crippen MR) is 122 cm³/mol. The van der Waals surface area contributed by atoms with Gasteiger partial charge in [-0.3, -0.25) is 4.79 Å². The zero-order valence-corrected chi connectivity index (χ0v) is 18.7. The lowest BCUT2D eigenvalue weighted by molar-refractivity contribution is -0.115. The molecule has 1 aliphatic rings. The number of rotatable bonds is 5. The Morgan fingerprint density at radius 3 is 2.90 bits per heavy atom. The van der Waals surface area contributed by atoms with Gasteiger partial charge < -0.3 is 14.8 Å². The van der Waals surface area contributed by atoms with Crippen LogP contribution in [0.15, 0.2) is 44.7 Å². The van der Waals surface area contributed by atoms with Crippen molar-refractivity contribution in [1.29, 1.82) is 0 Å². The van der Waals surface area contributed by atoms with Crippen LogP contribution >= 0.6 is 39.3 Å². The van der Waals surface area contributed by atoms with Gasteiger partial charge in [0, 0.05) is 15.1 Å². The molecule has 0 atom stereocenters. The maximum absolute atomic E-state index is 12.5. The van der Waals surface area contributed by atoms with Crippen molar-refractivity contribution in [2.24, 2.45) is 4.99 Å². The molecule has 29 heavy (non-hydrogen) atoms. The van der Waals surface area contributed by atoms with Crippen LogP contribution in [0.1, 0.15) is 11.1 Å². The number of amidine groups is 1. The summed E-state index contributed by atoms with van der Waals surface area (Å²) in [6.45, 7) is 2.00. The van der Waals surface area contributed by atoms with E-state index in [1.54, 1.807) is 24.3 Å². The fourth-order valence-electron chi connectivity index (χ4n) is 2.55. The van der Waals surface area contributed by atoms with Gasteiger partial charge in [-0.1, -0.05) is 39.5 Å². The number of nitrogens with zero attached hydrogens (tertiary/aromatic N) is 1. The van der Waals surface area contributed by atoms with Crippen molar-refractivity contribution in [2.45, 2.75) is 6.92 Å². The summed E-state index contributed by atoms with van der Waals surface area (Å²) in [7, 11) is 1.54. The van der Waals surface area contributed by atoms with E-state index in [2.05, 4.69) is 32.2 Å². The van der Waals surface area contributed by atoms with Crippen molar-refractivity contribution < 1.29 is 14.3 Å². The van der Waals surface area contributed by atoms with Crippen LogP contribution in [0.25, 0.3) is 6.08 Å². The monoisotopic (exact) mass is 490 g/mol. The Kier molecular flexibility index (Phi) is 6.91. The third-order valence-corrected chi connectivity index (χ3v) is 5.50. The van der Waals surface area contributed by atoms with Gasteiger partial charge in [-0.2, -0.15) is 0 Å². The number of nitrogens with one attached hydrogen (secondary N) is 1. The maximum atomic E-state index is 12.5. The summed E-state index contributed by atoms with van der Waals surface area (Å²) in [6, 6.07) is 9.02. The first-order valence-electron chi connectivity index (χ1n) is 8.41. The van der Waals surface area contributed by atoms with Crippen LogP contribution in [-0.2, 0) is 4.79 Å². The topological polar surface area (TPSA) is 59.9 Å². The Morgan fingerprint density at radius 2 is 2.17 bits per heavy atom. The highest BCUT2D eigenvalue weighted by atomic mass is 79.9. The van der Waals surface area contributed by atoms with Gasteiger partial charge in [0.15, 0.2) is 16.7 Å². The van der Waals surface area contributed by atoms with E-state index in [9.17, 15) is 4.79 Å². The van der Waals surface area contributed by atoms with E-state index in [-0.39, 0.29) is 12.5 Å². The molecule has 0 radical (unpaired) electrons. The molecule has 1 amide bonds. The molecule has 8 heteroatoms. The number of ether oxygens (including phenoxy) is 2. The highest BCUT2D eigenvalue weighted by Gasteiger charge is 2.25. The number of halogens is 2. The van der Waals surface area contributed by atoms with Crippen molar-refractivity contribution >= 4 is 62.1 Å². The second-order valence-electron chi connectivity index (χ2n) is 5.93. The van der Waals surface area contributed by atoms with E-state index in [4.69, 9.17) is 27.5 Å². The highest BCUT2D eigenvalue weighted by Crippen LogP contribution is 2.38. The van der Waals surface area contributed by atoms with Crippen molar-refractivity contribution in [1.82, 2.24) is 5.32 Å². The van der Waals surface area contributed by atoms with Crippen LogP contribution in [0.5, 0.6) is 11.5 Å². The van der Waals surface area contributed by atoms with Gasteiger partial charge in [-0.15, -0.1) is 6.42 Å². The number of hydrogen-bond donors (Lipinski definition) is 1. The van der Waals surface area contributed by atoms with Gasteiger partial charge >= 0.3 is 0 Å². The molecule has 1 fully saturated rings. The summed E-state index contributed by atoms with van der Waals surface area (Å²) in [4.78, 5) is 17.5. The number of carbonyl (C=O) groups is 1. The van der Waals surface area contributed by atoms with E-state index >= 15 is 0 Å². The first kappa shape index (κ1) is 21.3. The molecular weight excluding hydrogens is 476 g/mol. The lowest BCUT2D eigenvalue weighted by Crippen LogP contribution is -2.19. The minimum atomic E-state index is -0.254. The lowest BCUT2D eigenvalue weighted by atomic mass is 10.1. The first-order chi connectivity index (χ1) is 13.9. The van der Waals surface area contributed by atoms with Crippen molar-refractivity contribution in [3.63, 3.8) is 0 Å². The minimum Gasteiger partial charge on any atom is -0.493 e. The Balaban J connectivity index is 1.96. The largest absolute Gasteiger partial charge is 0.493 e. The minimum absolute atomic E-state index is 0.0776. The second-order valence-corrected chi connectivity index (χ2v) is 8.31. The quantitative estimate of drug-likeness (QED) is 0.454.